The first-order valence-electron chi connectivity index (χ1n) is 6.16. The molecule has 0 atom stereocenters. The Balaban J connectivity index is 3.12. The number of carboxylic acid groups (broad SMARTS) is 1. The zero-order valence-electron chi connectivity index (χ0n) is 11.9. The summed E-state index contributed by atoms with van der Waals surface area (Å²) in [6.07, 6.45) is 0.621. The van der Waals surface area contributed by atoms with Crippen LogP contribution in [-0.2, 0) is 10.0 Å². The Kier molecular flexibility index (Phi) is 5.66. The zero-order valence-corrected chi connectivity index (χ0v) is 14.2. The smallest absolute Gasteiger partial charge is 0.337 e. The molecule has 0 bridgehead atoms. The van der Waals surface area contributed by atoms with Gasteiger partial charge >= 0.3 is 5.97 Å². The molecule has 0 aromatic heterocycles. The first kappa shape index (κ1) is 18.2. The van der Waals surface area contributed by atoms with Gasteiger partial charge in [-0.25, -0.2) is 17.9 Å². The van der Waals surface area contributed by atoms with E-state index < -0.39 is 16.0 Å². The van der Waals surface area contributed by atoms with Gasteiger partial charge in [-0.2, -0.15) is 0 Å². The third-order valence-electron chi connectivity index (χ3n) is 2.69. The van der Waals surface area contributed by atoms with Crippen LogP contribution in [0.1, 0.15) is 37.6 Å². The lowest BCUT2D eigenvalue weighted by Crippen LogP contribution is -2.28. The van der Waals surface area contributed by atoms with Gasteiger partial charge in [-0.1, -0.05) is 44.0 Å². The van der Waals surface area contributed by atoms with E-state index >= 15 is 0 Å². The Morgan fingerprint density at radius 2 is 1.86 bits per heavy atom. The molecule has 0 spiro atoms. The number of halogens is 2. The van der Waals surface area contributed by atoms with E-state index in [9.17, 15) is 13.2 Å². The number of benzene rings is 1. The van der Waals surface area contributed by atoms with Gasteiger partial charge in [-0.05, 0) is 24.0 Å². The van der Waals surface area contributed by atoms with Crippen molar-refractivity contribution in [2.45, 2.75) is 32.1 Å². The van der Waals surface area contributed by atoms with Crippen LogP contribution < -0.4 is 4.72 Å². The molecule has 2 N–H and O–H groups in total. The minimum Gasteiger partial charge on any atom is -0.478 e. The molecule has 1 aromatic carbocycles. The fraction of sp³-hybridized carbons (Fsp3) is 0.462. The lowest BCUT2D eigenvalue weighted by atomic mass is 9.93. The second-order valence-electron chi connectivity index (χ2n) is 5.78. The number of hydrogen-bond acceptors (Lipinski definition) is 3. The van der Waals surface area contributed by atoms with E-state index in [1.54, 1.807) is 0 Å². The number of carbonyl (C=O) groups is 1. The molecule has 8 heteroatoms. The van der Waals surface area contributed by atoms with Crippen LogP contribution in [0.3, 0.4) is 0 Å². The second kappa shape index (κ2) is 6.52. The summed E-state index contributed by atoms with van der Waals surface area (Å²) in [7, 11) is -3.92. The van der Waals surface area contributed by atoms with Gasteiger partial charge in [-0.3, -0.25) is 0 Å². The number of carboxylic acids is 1. The van der Waals surface area contributed by atoms with Crippen molar-refractivity contribution in [1.29, 1.82) is 0 Å². The highest BCUT2D eigenvalue weighted by Crippen LogP contribution is 2.29. The van der Waals surface area contributed by atoms with Crippen LogP contribution in [0.2, 0.25) is 10.0 Å². The predicted molar refractivity (Wildman–Crippen MR) is 82.7 cm³/mol. The Hall–Kier alpha value is -0.820. The number of hydrogen-bond donors (Lipinski definition) is 2. The highest BCUT2D eigenvalue weighted by atomic mass is 35.5. The maximum atomic E-state index is 12.2. The lowest BCUT2D eigenvalue weighted by Gasteiger charge is -2.18. The fourth-order valence-electron chi connectivity index (χ4n) is 1.55. The summed E-state index contributed by atoms with van der Waals surface area (Å²) in [4.78, 5) is 10.7. The summed E-state index contributed by atoms with van der Waals surface area (Å²) < 4.78 is 26.8. The zero-order chi connectivity index (χ0) is 16.4. The van der Waals surface area contributed by atoms with Crippen molar-refractivity contribution >= 4 is 39.2 Å². The standard InChI is InChI=1S/C13H17Cl2NO4S/c1-13(2,3)4-5-16-21(19,20)10-7-8(14)6-9(11(10)15)12(17)18/h6-7,16H,4-5H2,1-3H3,(H,17,18). The van der Waals surface area contributed by atoms with Crippen LogP contribution in [0, 0.1) is 5.41 Å². The molecular formula is C13H17Cl2NO4S. The van der Waals surface area contributed by atoms with Crippen molar-refractivity contribution in [2.75, 3.05) is 6.54 Å². The van der Waals surface area contributed by atoms with E-state index in [-0.39, 0.29) is 32.5 Å². The van der Waals surface area contributed by atoms with Crippen LogP contribution in [-0.4, -0.2) is 26.0 Å². The molecule has 0 heterocycles. The number of nitrogens with one attached hydrogen (secondary N) is 1. The molecule has 21 heavy (non-hydrogen) atoms. The van der Waals surface area contributed by atoms with Crippen LogP contribution in [0.4, 0.5) is 0 Å². The van der Waals surface area contributed by atoms with Crippen LogP contribution in [0.25, 0.3) is 0 Å². The molecule has 0 aliphatic rings. The van der Waals surface area contributed by atoms with E-state index in [1.807, 2.05) is 20.8 Å². The van der Waals surface area contributed by atoms with Crippen molar-refractivity contribution in [3.05, 3.63) is 27.7 Å². The quantitative estimate of drug-likeness (QED) is 0.849. The molecule has 0 aliphatic carbocycles. The molecule has 0 saturated carbocycles. The highest BCUT2D eigenvalue weighted by Gasteiger charge is 2.24. The molecule has 1 rings (SSSR count). The molecule has 5 nitrogen and oxygen atoms in total. The third kappa shape index (κ3) is 5.14. The van der Waals surface area contributed by atoms with Crippen molar-refractivity contribution in [1.82, 2.24) is 4.72 Å². The van der Waals surface area contributed by atoms with Gasteiger partial charge in [0.25, 0.3) is 0 Å². The van der Waals surface area contributed by atoms with Crippen LogP contribution in [0.15, 0.2) is 17.0 Å². The van der Waals surface area contributed by atoms with Gasteiger partial charge in [0.1, 0.15) is 4.90 Å². The maximum absolute atomic E-state index is 12.2. The molecule has 0 saturated heterocycles. The van der Waals surface area contributed by atoms with Crippen LogP contribution >= 0.6 is 23.2 Å². The summed E-state index contributed by atoms with van der Waals surface area (Å²) in [5.41, 5.74) is -0.382. The third-order valence-corrected chi connectivity index (χ3v) is 4.91. The SMILES string of the molecule is CC(C)(C)CCNS(=O)(=O)c1cc(Cl)cc(C(=O)O)c1Cl. The molecule has 0 amide bonds. The summed E-state index contributed by atoms with van der Waals surface area (Å²) in [5, 5.41) is 8.65. The number of aromatic carboxylic acids is 1. The summed E-state index contributed by atoms with van der Waals surface area (Å²) in [6, 6.07) is 2.25. The Labute approximate surface area is 134 Å². The average molecular weight is 354 g/mol. The van der Waals surface area contributed by atoms with Crippen LogP contribution in [0.5, 0.6) is 0 Å². The molecule has 118 valence electrons. The molecule has 0 unspecified atom stereocenters. The van der Waals surface area contributed by atoms with E-state index in [2.05, 4.69) is 4.72 Å². The van der Waals surface area contributed by atoms with E-state index in [0.717, 1.165) is 12.1 Å². The van der Waals surface area contributed by atoms with Crippen molar-refractivity contribution in [2.24, 2.45) is 5.41 Å². The summed E-state index contributed by atoms with van der Waals surface area (Å²) in [6.45, 7) is 6.17. The van der Waals surface area contributed by atoms with Gasteiger partial charge in [0.2, 0.25) is 10.0 Å². The largest absolute Gasteiger partial charge is 0.478 e. The van der Waals surface area contributed by atoms with E-state index in [4.69, 9.17) is 28.3 Å². The van der Waals surface area contributed by atoms with E-state index in [0.29, 0.717) is 6.42 Å². The lowest BCUT2D eigenvalue weighted by molar-refractivity contribution is 0.0697. The average Bonchev–Trinajstić information content (AvgIpc) is 2.29. The Morgan fingerprint density at radius 3 is 2.33 bits per heavy atom. The predicted octanol–water partition coefficient (Wildman–Crippen LogP) is 3.41. The molecule has 0 radical (unpaired) electrons. The molecule has 0 fully saturated rings. The van der Waals surface area contributed by atoms with Gasteiger partial charge in [-0.15, -0.1) is 0 Å². The fourth-order valence-corrected chi connectivity index (χ4v) is 3.49. The molecular weight excluding hydrogens is 337 g/mol. The topological polar surface area (TPSA) is 83.5 Å². The summed E-state index contributed by atoms with van der Waals surface area (Å²) >= 11 is 11.6. The Morgan fingerprint density at radius 1 is 1.29 bits per heavy atom. The van der Waals surface area contributed by atoms with Crippen molar-refractivity contribution in [3.8, 4) is 0 Å². The van der Waals surface area contributed by atoms with Crippen molar-refractivity contribution < 1.29 is 18.3 Å². The minimum absolute atomic E-state index is 0.00648. The first-order valence-corrected chi connectivity index (χ1v) is 8.40. The number of sulfonamides is 1. The van der Waals surface area contributed by atoms with Gasteiger partial charge in [0.15, 0.2) is 0 Å². The monoisotopic (exact) mass is 353 g/mol. The van der Waals surface area contributed by atoms with Gasteiger partial charge in [0.05, 0.1) is 10.6 Å². The molecule has 0 aliphatic heterocycles. The van der Waals surface area contributed by atoms with E-state index in [1.165, 1.54) is 0 Å². The normalized spacial score (nSPS) is 12.4. The second-order valence-corrected chi connectivity index (χ2v) is 8.33. The minimum atomic E-state index is -3.92. The van der Waals surface area contributed by atoms with Gasteiger partial charge < -0.3 is 5.11 Å². The maximum Gasteiger partial charge on any atom is 0.337 e. The van der Waals surface area contributed by atoms with Crippen molar-refractivity contribution in [3.63, 3.8) is 0 Å². The van der Waals surface area contributed by atoms with Gasteiger partial charge in [0, 0.05) is 11.6 Å². The molecule has 1 aromatic rings. The summed E-state index contributed by atoms with van der Waals surface area (Å²) in [5.74, 6) is -1.34. The Bertz CT molecular complexity index is 651. The number of rotatable bonds is 5. The first-order chi connectivity index (χ1) is 9.44. The highest BCUT2D eigenvalue weighted by molar-refractivity contribution is 7.89.